The van der Waals surface area contributed by atoms with E-state index in [1.807, 2.05) is 34.1 Å². The summed E-state index contributed by atoms with van der Waals surface area (Å²) < 4.78 is 5.35. The maximum atomic E-state index is 12.7. The number of nitrogens with two attached hydrogens (primary N) is 1. The van der Waals surface area contributed by atoms with E-state index in [4.69, 9.17) is 10.5 Å². The molecule has 1 unspecified atom stereocenters. The molecular weight excluding hydrogens is 366 g/mol. The van der Waals surface area contributed by atoms with Crippen molar-refractivity contribution in [2.45, 2.75) is 32.2 Å². The van der Waals surface area contributed by atoms with Crippen LogP contribution >= 0.6 is 12.4 Å². The Balaban J connectivity index is 0.00000261. The predicted octanol–water partition coefficient (Wildman–Crippen LogP) is 1.71. The number of aryl methyl sites for hydroxylation is 1. The normalized spacial score (nSPS) is 19.3. The third kappa shape index (κ3) is 5.21. The van der Waals surface area contributed by atoms with Gasteiger partial charge in [0.25, 0.3) is 5.91 Å². The van der Waals surface area contributed by atoms with Crippen molar-refractivity contribution >= 4 is 24.2 Å². The lowest BCUT2D eigenvalue weighted by Gasteiger charge is -2.37. The monoisotopic (exact) mass is 395 g/mol. The zero-order valence-corrected chi connectivity index (χ0v) is 16.7. The van der Waals surface area contributed by atoms with E-state index >= 15 is 0 Å². The lowest BCUT2D eigenvalue weighted by Crippen LogP contribution is -2.56. The van der Waals surface area contributed by atoms with Gasteiger partial charge in [-0.2, -0.15) is 0 Å². The molecular formula is C20H30ClN3O3. The summed E-state index contributed by atoms with van der Waals surface area (Å²) in [6.45, 7) is 5.68. The summed E-state index contributed by atoms with van der Waals surface area (Å²) in [6, 6.07) is 7.32. The molecule has 2 aliphatic rings. The van der Waals surface area contributed by atoms with Gasteiger partial charge in [-0.25, -0.2) is 0 Å². The van der Waals surface area contributed by atoms with Crippen molar-refractivity contribution in [2.24, 2.45) is 11.7 Å². The van der Waals surface area contributed by atoms with E-state index in [9.17, 15) is 9.59 Å². The van der Waals surface area contributed by atoms with Gasteiger partial charge in [0.2, 0.25) is 5.91 Å². The van der Waals surface area contributed by atoms with Gasteiger partial charge in [-0.3, -0.25) is 9.59 Å². The molecule has 27 heavy (non-hydrogen) atoms. The van der Waals surface area contributed by atoms with Crippen molar-refractivity contribution in [2.75, 3.05) is 39.4 Å². The van der Waals surface area contributed by atoms with Gasteiger partial charge in [0.15, 0.2) is 0 Å². The summed E-state index contributed by atoms with van der Waals surface area (Å²) in [5.41, 5.74) is 8.14. The number of ether oxygens (including phenoxy) is 1. The van der Waals surface area contributed by atoms with E-state index in [0.717, 1.165) is 19.3 Å². The molecule has 0 bridgehead atoms. The van der Waals surface area contributed by atoms with Crippen molar-refractivity contribution in [3.8, 4) is 0 Å². The number of hydrogen-bond donors (Lipinski definition) is 1. The topological polar surface area (TPSA) is 75.9 Å². The molecule has 150 valence electrons. The van der Waals surface area contributed by atoms with Crippen LogP contribution in [0.5, 0.6) is 0 Å². The lowest BCUT2D eigenvalue weighted by atomic mass is 9.91. The van der Waals surface area contributed by atoms with Crippen LogP contribution in [0.3, 0.4) is 0 Å². The van der Waals surface area contributed by atoms with Crippen LogP contribution in [0.4, 0.5) is 0 Å². The minimum Gasteiger partial charge on any atom is -0.381 e. The van der Waals surface area contributed by atoms with Crippen molar-refractivity contribution in [3.05, 3.63) is 35.4 Å². The molecule has 2 aliphatic heterocycles. The van der Waals surface area contributed by atoms with Crippen LogP contribution in [0.15, 0.2) is 24.3 Å². The number of piperazine rings is 1. The van der Waals surface area contributed by atoms with Crippen molar-refractivity contribution in [1.29, 1.82) is 0 Å². The number of nitrogens with zero attached hydrogens (tertiary/aromatic N) is 2. The quantitative estimate of drug-likeness (QED) is 0.842. The maximum absolute atomic E-state index is 12.7. The Morgan fingerprint density at radius 3 is 2.19 bits per heavy atom. The first-order valence-electron chi connectivity index (χ1n) is 9.60. The summed E-state index contributed by atoms with van der Waals surface area (Å²) in [6.07, 6.45) is 2.65. The van der Waals surface area contributed by atoms with Crippen molar-refractivity contribution < 1.29 is 14.3 Å². The molecule has 2 fully saturated rings. The van der Waals surface area contributed by atoms with E-state index < -0.39 is 6.04 Å². The third-order valence-corrected chi connectivity index (χ3v) is 5.55. The Morgan fingerprint density at radius 2 is 1.63 bits per heavy atom. The number of rotatable bonds is 4. The molecule has 7 heteroatoms. The smallest absolute Gasteiger partial charge is 0.253 e. The highest BCUT2D eigenvalue weighted by Crippen LogP contribution is 2.20. The highest BCUT2D eigenvalue weighted by atomic mass is 35.5. The number of hydrogen-bond acceptors (Lipinski definition) is 4. The van der Waals surface area contributed by atoms with E-state index in [0.29, 0.717) is 45.0 Å². The summed E-state index contributed by atoms with van der Waals surface area (Å²) in [5, 5.41) is 0. The van der Waals surface area contributed by atoms with Crippen LogP contribution < -0.4 is 5.73 Å². The second-order valence-corrected chi connectivity index (χ2v) is 7.14. The third-order valence-electron chi connectivity index (χ3n) is 5.55. The number of carbonyl (C=O) groups is 2. The van der Waals surface area contributed by atoms with Crippen LogP contribution in [0.1, 0.15) is 35.7 Å². The fourth-order valence-electron chi connectivity index (χ4n) is 3.68. The Kier molecular flexibility index (Phi) is 8.07. The fraction of sp³-hybridized carbons (Fsp3) is 0.600. The van der Waals surface area contributed by atoms with Crippen LogP contribution in [-0.2, 0) is 16.0 Å². The van der Waals surface area contributed by atoms with Gasteiger partial charge < -0.3 is 20.3 Å². The van der Waals surface area contributed by atoms with E-state index in [1.165, 1.54) is 5.56 Å². The minimum absolute atomic E-state index is 0. The van der Waals surface area contributed by atoms with Gasteiger partial charge in [-0.05, 0) is 42.9 Å². The van der Waals surface area contributed by atoms with Gasteiger partial charge in [0.05, 0.1) is 6.04 Å². The Labute approximate surface area is 167 Å². The first kappa shape index (κ1) is 21.7. The van der Waals surface area contributed by atoms with Crippen molar-refractivity contribution in [3.63, 3.8) is 0 Å². The molecule has 6 nitrogen and oxygen atoms in total. The molecule has 1 atom stereocenters. The molecule has 3 rings (SSSR count). The highest BCUT2D eigenvalue weighted by molar-refractivity contribution is 5.94. The number of halogens is 1. The summed E-state index contributed by atoms with van der Waals surface area (Å²) >= 11 is 0. The minimum atomic E-state index is -0.456. The first-order chi connectivity index (χ1) is 12.6. The zero-order chi connectivity index (χ0) is 18.5. The Bertz CT molecular complexity index is 624. The Morgan fingerprint density at radius 1 is 1.07 bits per heavy atom. The largest absolute Gasteiger partial charge is 0.381 e. The maximum Gasteiger partial charge on any atom is 0.253 e. The van der Waals surface area contributed by atoms with Crippen LogP contribution in [0.25, 0.3) is 0 Å². The second-order valence-electron chi connectivity index (χ2n) is 7.14. The standard InChI is InChI=1S/C20H29N3O3.ClH/c1-2-15-3-5-17(6-4-15)19(24)22-9-11-23(12-10-22)20(25)18(21)16-7-13-26-14-8-16;/h3-6,16,18H,2,7-14,21H2,1H3;1H. The second kappa shape index (κ2) is 10.1. The summed E-state index contributed by atoms with van der Waals surface area (Å²) in [4.78, 5) is 28.9. The van der Waals surface area contributed by atoms with Gasteiger partial charge in [-0.1, -0.05) is 19.1 Å². The molecule has 1 aromatic rings. The van der Waals surface area contributed by atoms with Gasteiger partial charge in [0.1, 0.15) is 0 Å². The van der Waals surface area contributed by atoms with Crippen LogP contribution in [0.2, 0.25) is 0 Å². The first-order valence-corrected chi connectivity index (χ1v) is 9.60. The molecule has 0 saturated carbocycles. The lowest BCUT2D eigenvalue weighted by molar-refractivity contribution is -0.136. The highest BCUT2D eigenvalue weighted by Gasteiger charge is 2.32. The van der Waals surface area contributed by atoms with Gasteiger partial charge in [0, 0.05) is 45.0 Å². The number of amides is 2. The molecule has 0 aromatic heterocycles. The van der Waals surface area contributed by atoms with E-state index in [1.54, 1.807) is 0 Å². The molecule has 2 saturated heterocycles. The van der Waals surface area contributed by atoms with Gasteiger partial charge >= 0.3 is 0 Å². The number of carbonyl (C=O) groups excluding carboxylic acids is 2. The fourth-order valence-corrected chi connectivity index (χ4v) is 3.68. The van der Waals surface area contributed by atoms with Crippen molar-refractivity contribution in [1.82, 2.24) is 9.80 Å². The summed E-state index contributed by atoms with van der Waals surface area (Å²) in [5.74, 6) is 0.248. The summed E-state index contributed by atoms with van der Waals surface area (Å²) in [7, 11) is 0. The van der Waals surface area contributed by atoms with E-state index in [-0.39, 0.29) is 30.1 Å². The molecule has 2 amide bonds. The molecule has 0 aliphatic carbocycles. The average Bonchev–Trinajstić information content (AvgIpc) is 2.73. The molecule has 2 heterocycles. The van der Waals surface area contributed by atoms with Crippen LogP contribution in [-0.4, -0.2) is 67.0 Å². The zero-order valence-electron chi connectivity index (χ0n) is 15.9. The average molecular weight is 396 g/mol. The predicted molar refractivity (Wildman–Crippen MR) is 107 cm³/mol. The molecule has 1 aromatic carbocycles. The van der Waals surface area contributed by atoms with Crippen LogP contribution in [0, 0.1) is 5.92 Å². The molecule has 2 N–H and O–H groups in total. The van der Waals surface area contributed by atoms with Gasteiger partial charge in [-0.15, -0.1) is 12.4 Å². The van der Waals surface area contributed by atoms with E-state index in [2.05, 4.69) is 6.92 Å². The Hall–Kier alpha value is -1.63. The number of benzene rings is 1. The molecule has 0 radical (unpaired) electrons. The molecule has 0 spiro atoms. The SMILES string of the molecule is CCc1ccc(C(=O)N2CCN(C(=O)C(N)C3CCOCC3)CC2)cc1.Cl.